The summed E-state index contributed by atoms with van der Waals surface area (Å²) in [5.41, 5.74) is 6.89. The maximum atomic E-state index is 12.4. The number of rotatable bonds is 6. The Morgan fingerprint density at radius 1 is 1.45 bits per heavy atom. The van der Waals surface area contributed by atoms with Gasteiger partial charge < -0.3 is 15.8 Å². The summed E-state index contributed by atoms with van der Waals surface area (Å²) in [6.45, 7) is 4.62. The zero-order valence-corrected chi connectivity index (χ0v) is 14.2. The maximum absolute atomic E-state index is 12.4. The topological polar surface area (TPSA) is 64.3 Å². The molecule has 0 bridgehead atoms. The number of nitrogens with two attached hydrogens (primary N) is 1. The van der Waals surface area contributed by atoms with Crippen molar-refractivity contribution in [1.82, 2.24) is 5.32 Å². The smallest absolute Gasteiger partial charge is 0.261 e. The van der Waals surface area contributed by atoms with Crippen LogP contribution in [0.15, 0.2) is 24.3 Å². The fourth-order valence-corrected chi connectivity index (χ4v) is 2.96. The third-order valence-corrected chi connectivity index (χ3v) is 4.22. The number of amides is 1. The molecule has 22 heavy (non-hydrogen) atoms. The lowest BCUT2D eigenvalue weighted by atomic mass is 10.0. The van der Waals surface area contributed by atoms with Crippen LogP contribution in [0.1, 0.15) is 38.2 Å². The van der Waals surface area contributed by atoms with Gasteiger partial charge in [0.1, 0.15) is 5.75 Å². The maximum Gasteiger partial charge on any atom is 0.261 e. The van der Waals surface area contributed by atoms with Crippen molar-refractivity contribution in [3.8, 4) is 5.75 Å². The van der Waals surface area contributed by atoms with Crippen molar-refractivity contribution in [2.75, 3.05) is 6.54 Å². The molecular formula is C17H27ClN2O2. The molecule has 0 aliphatic heterocycles. The Morgan fingerprint density at radius 3 is 2.86 bits per heavy atom. The van der Waals surface area contributed by atoms with Crippen LogP contribution < -0.4 is 15.8 Å². The quantitative estimate of drug-likeness (QED) is 0.845. The van der Waals surface area contributed by atoms with Crippen LogP contribution in [0.2, 0.25) is 0 Å². The molecule has 1 saturated carbocycles. The van der Waals surface area contributed by atoms with Crippen LogP contribution in [0.5, 0.6) is 5.75 Å². The highest BCUT2D eigenvalue weighted by Crippen LogP contribution is 2.25. The molecule has 1 aromatic rings. The number of carbonyl (C=O) groups excluding carboxylic acids is 1. The third kappa shape index (κ3) is 4.89. The van der Waals surface area contributed by atoms with E-state index in [1.807, 2.05) is 38.1 Å². The molecule has 1 aliphatic carbocycles. The fourth-order valence-electron chi connectivity index (χ4n) is 2.96. The highest BCUT2D eigenvalue weighted by molar-refractivity contribution is 5.85. The Balaban J connectivity index is 0.00000242. The van der Waals surface area contributed by atoms with Crippen LogP contribution in [-0.2, 0) is 4.79 Å². The van der Waals surface area contributed by atoms with Gasteiger partial charge in [-0.3, -0.25) is 4.79 Å². The molecule has 0 heterocycles. The summed E-state index contributed by atoms with van der Waals surface area (Å²) < 4.78 is 5.84. The average Bonchev–Trinajstić information content (AvgIpc) is 2.91. The lowest BCUT2D eigenvalue weighted by molar-refractivity contribution is -0.129. The first-order chi connectivity index (χ1) is 10.1. The van der Waals surface area contributed by atoms with Crippen molar-refractivity contribution in [3.63, 3.8) is 0 Å². The number of hydrogen-bond acceptors (Lipinski definition) is 3. The van der Waals surface area contributed by atoms with E-state index in [9.17, 15) is 4.79 Å². The van der Waals surface area contributed by atoms with E-state index >= 15 is 0 Å². The SMILES string of the molecule is CCC(Oc1cccc(C)c1)C(=O)NC1CCCC1CN.Cl. The minimum atomic E-state index is -0.439. The molecule has 1 aromatic carbocycles. The third-order valence-electron chi connectivity index (χ3n) is 4.22. The van der Waals surface area contributed by atoms with Gasteiger partial charge in [-0.15, -0.1) is 12.4 Å². The van der Waals surface area contributed by atoms with E-state index in [-0.39, 0.29) is 24.4 Å². The van der Waals surface area contributed by atoms with Gasteiger partial charge in [0.05, 0.1) is 0 Å². The van der Waals surface area contributed by atoms with Gasteiger partial charge in [0.2, 0.25) is 0 Å². The van der Waals surface area contributed by atoms with Crippen LogP contribution in [0.25, 0.3) is 0 Å². The van der Waals surface area contributed by atoms with Crippen molar-refractivity contribution in [3.05, 3.63) is 29.8 Å². The van der Waals surface area contributed by atoms with Crippen LogP contribution in [0.4, 0.5) is 0 Å². The molecule has 5 heteroatoms. The molecule has 0 saturated heterocycles. The molecule has 1 amide bonds. The first-order valence-corrected chi connectivity index (χ1v) is 7.87. The highest BCUT2D eigenvalue weighted by atomic mass is 35.5. The second kappa shape index (κ2) is 9.01. The number of benzene rings is 1. The minimum Gasteiger partial charge on any atom is -0.481 e. The molecule has 4 nitrogen and oxygen atoms in total. The van der Waals surface area contributed by atoms with E-state index in [1.165, 1.54) is 0 Å². The van der Waals surface area contributed by atoms with Gasteiger partial charge in [0.15, 0.2) is 6.10 Å². The van der Waals surface area contributed by atoms with Gasteiger partial charge in [-0.05, 0) is 56.3 Å². The van der Waals surface area contributed by atoms with Gasteiger partial charge in [-0.2, -0.15) is 0 Å². The van der Waals surface area contributed by atoms with Crippen molar-refractivity contribution < 1.29 is 9.53 Å². The van der Waals surface area contributed by atoms with E-state index in [0.717, 1.165) is 30.6 Å². The van der Waals surface area contributed by atoms with Crippen LogP contribution in [0.3, 0.4) is 0 Å². The second-order valence-electron chi connectivity index (χ2n) is 5.87. The van der Waals surface area contributed by atoms with E-state index in [4.69, 9.17) is 10.5 Å². The Kier molecular flexibility index (Phi) is 7.69. The molecule has 124 valence electrons. The Bertz CT molecular complexity index is 481. The number of carbonyl (C=O) groups is 1. The Labute approximate surface area is 139 Å². The number of nitrogens with one attached hydrogen (secondary N) is 1. The average molecular weight is 327 g/mol. The summed E-state index contributed by atoms with van der Waals surface area (Å²) in [5, 5.41) is 3.12. The molecule has 3 atom stereocenters. The second-order valence-corrected chi connectivity index (χ2v) is 5.87. The summed E-state index contributed by atoms with van der Waals surface area (Å²) in [6.07, 6.45) is 3.49. The number of hydrogen-bond donors (Lipinski definition) is 2. The molecular weight excluding hydrogens is 300 g/mol. The molecule has 1 fully saturated rings. The largest absolute Gasteiger partial charge is 0.481 e. The van der Waals surface area contributed by atoms with Gasteiger partial charge >= 0.3 is 0 Å². The normalized spacial score (nSPS) is 21.8. The van der Waals surface area contributed by atoms with Crippen LogP contribution in [0, 0.1) is 12.8 Å². The molecule has 2 rings (SSSR count). The van der Waals surface area contributed by atoms with Gasteiger partial charge in [-0.1, -0.05) is 25.5 Å². The Hall–Kier alpha value is -1.26. The van der Waals surface area contributed by atoms with Gasteiger partial charge in [-0.25, -0.2) is 0 Å². The van der Waals surface area contributed by atoms with E-state index < -0.39 is 6.10 Å². The molecule has 0 aromatic heterocycles. The summed E-state index contributed by atoms with van der Waals surface area (Å²) in [6, 6.07) is 8.00. The number of aryl methyl sites for hydroxylation is 1. The minimum absolute atomic E-state index is 0. The van der Waals surface area contributed by atoms with Crippen molar-refractivity contribution >= 4 is 18.3 Å². The fraction of sp³-hybridized carbons (Fsp3) is 0.588. The lowest BCUT2D eigenvalue weighted by Gasteiger charge is -2.23. The van der Waals surface area contributed by atoms with E-state index in [2.05, 4.69) is 5.32 Å². The molecule has 3 unspecified atom stereocenters. The van der Waals surface area contributed by atoms with Crippen molar-refractivity contribution in [1.29, 1.82) is 0 Å². The monoisotopic (exact) mass is 326 g/mol. The summed E-state index contributed by atoms with van der Waals surface area (Å²) in [7, 11) is 0. The van der Waals surface area contributed by atoms with Crippen LogP contribution in [-0.4, -0.2) is 24.6 Å². The standard InChI is InChI=1S/C17H26N2O2.ClH/c1-3-16(21-14-8-4-6-12(2)10-14)17(20)19-15-9-5-7-13(15)11-18;/h4,6,8,10,13,15-16H,3,5,7,9,11,18H2,1-2H3,(H,19,20);1H. The van der Waals surface area contributed by atoms with E-state index in [0.29, 0.717) is 18.9 Å². The molecule has 3 N–H and O–H groups in total. The predicted molar refractivity (Wildman–Crippen MR) is 91.5 cm³/mol. The lowest BCUT2D eigenvalue weighted by Crippen LogP contribution is -2.46. The summed E-state index contributed by atoms with van der Waals surface area (Å²) in [5.74, 6) is 1.13. The van der Waals surface area contributed by atoms with Crippen molar-refractivity contribution in [2.45, 2.75) is 51.7 Å². The van der Waals surface area contributed by atoms with E-state index in [1.54, 1.807) is 0 Å². The van der Waals surface area contributed by atoms with Gasteiger partial charge in [0, 0.05) is 6.04 Å². The first kappa shape index (κ1) is 18.8. The number of halogens is 1. The zero-order valence-electron chi connectivity index (χ0n) is 13.4. The molecule has 0 radical (unpaired) electrons. The molecule has 0 spiro atoms. The van der Waals surface area contributed by atoms with Crippen LogP contribution >= 0.6 is 12.4 Å². The predicted octanol–water partition coefficient (Wildman–Crippen LogP) is 2.82. The zero-order chi connectivity index (χ0) is 15.2. The molecule has 1 aliphatic rings. The first-order valence-electron chi connectivity index (χ1n) is 7.87. The van der Waals surface area contributed by atoms with Crippen molar-refractivity contribution in [2.24, 2.45) is 11.7 Å². The Morgan fingerprint density at radius 2 is 2.23 bits per heavy atom. The number of ether oxygens (including phenoxy) is 1. The summed E-state index contributed by atoms with van der Waals surface area (Å²) in [4.78, 5) is 12.4. The summed E-state index contributed by atoms with van der Waals surface area (Å²) >= 11 is 0. The van der Waals surface area contributed by atoms with Gasteiger partial charge in [0.25, 0.3) is 5.91 Å². The highest BCUT2D eigenvalue weighted by Gasteiger charge is 2.29.